The van der Waals surface area contributed by atoms with Gasteiger partial charge < -0.3 is 9.15 Å². The minimum Gasteiger partial charge on any atom is -0.443 e. The predicted molar refractivity (Wildman–Crippen MR) is 99.5 cm³/mol. The minimum atomic E-state index is -0.548. The summed E-state index contributed by atoms with van der Waals surface area (Å²) in [5.41, 5.74) is 1.33. The largest absolute Gasteiger partial charge is 0.443 e. The summed E-state index contributed by atoms with van der Waals surface area (Å²) in [5, 5.41) is 8.29. The molecule has 0 amide bonds. The number of benzene rings is 1. The molecule has 0 radical (unpaired) electrons. The molecule has 2 heterocycles. The standard InChI is InChI=1S/C20H24N4O3/c1-14(10-16-12-24(13-21-16)19(25)27-20(2,3)4)18-23-22-17(26-18)11-15-8-6-5-7-9-15/h5-9,12-14H,10-11H2,1-4H3/t14-/m0/s1. The number of aromatic nitrogens is 4. The summed E-state index contributed by atoms with van der Waals surface area (Å²) in [5.74, 6) is 1.14. The third kappa shape index (κ3) is 5.26. The third-order valence-electron chi connectivity index (χ3n) is 3.86. The first kappa shape index (κ1) is 18.8. The Morgan fingerprint density at radius 1 is 1.22 bits per heavy atom. The number of imidazole rings is 1. The zero-order chi connectivity index (χ0) is 19.4. The molecule has 0 fully saturated rings. The number of nitrogens with zero attached hydrogens (tertiary/aromatic N) is 4. The fourth-order valence-corrected chi connectivity index (χ4v) is 2.59. The number of hydrogen-bond donors (Lipinski definition) is 0. The minimum absolute atomic E-state index is 0.0102. The van der Waals surface area contributed by atoms with Gasteiger partial charge in [-0.25, -0.2) is 14.3 Å². The van der Waals surface area contributed by atoms with Gasteiger partial charge in [0.2, 0.25) is 11.8 Å². The summed E-state index contributed by atoms with van der Waals surface area (Å²) in [4.78, 5) is 16.3. The van der Waals surface area contributed by atoms with Crippen LogP contribution in [0.5, 0.6) is 0 Å². The van der Waals surface area contributed by atoms with Gasteiger partial charge in [-0.3, -0.25) is 0 Å². The van der Waals surface area contributed by atoms with Crippen LogP contribution in [0.1, 0.15) is 56.7 Å². The average molecular weight is 368 g/mol. The van der Waals surface area contributed by atoms with Crippen molar-refractivity contribution in [3.63, 3.8) is 0 Å². The zero-order valence-electron chi connectivity index (χ0n) is 16.0. The Morgan fingerprint density at radius 3 is 2.67 bits per heavy atom. The van der Waals surface area contributed by atoms with E-state index in [2.05, 4.69) is 15.2 Å². The smallest absolute Gasteiger partial charge is 0.419 e. The van der Waals surface area contributed by atoms with Crippen LogP contribution >= 0.6 is 0 Å². The SMILES string of the molecule is C[C@@H](Cc1cn(C(=O)OC(C)(C)C)cn1)c1nnc(Cc2ccccc2)o1. The van der Waals surface area contributed by atoms with Gasteiger partial charge in [-0.2, -0.15) is 0 Å². The van der Waals surface area contributed by atoms with E-state index in [-0.39, 0.29) is 5.92 Å². The number of carbonyl (C=O) groups is 1. The molecule has 1 aromatic carbocycles. The van der Waals surface area contributed by atoms with Gasteiger partial charge in [-0.05, 0) is 26.3 Å². The van der Waals surface area contributed by atoms with E-state index >= 15 is 0 Å². The highest BCUT2D eigenvalue weighted by Crippen LogP contribution is 2.20. The summed E-state index contributed by atoms with van der Waals surface area (Å²) < 4.78 is 12.5. The molecule has 0 aliphatic rings. The first-order valence-electron chi connectivity index (χ1n) is 8.92. The molecule has 142 valence electrons. The van der Waals surface area contributed by atoms with Crippen LogP contribution in [0.4, 0.5) is 4.79 Å². The second kappa shape index (κ2) is 7.73. The highest BCUT2D eigenvalue weighted by Gasteiger charge is 2.20. The summed E-state index contributed by atoms with van der Waals surface area (Å²) in [6.45, 7) is 7.47. The van der Waals surface area contributed by atoms with Crippen molar-refractivity contribution in [1.82, 2.24) is 19.7 Å². The lowest BCUT2D eigenvalue weighted by atomic mass is 10.1. The van der Waals surface area contributed by atoms with Gasteiger partial charge in [0.1, 0.15) is 11.9 Å². The highest BCUT2D eigenvalue weighted by atomic mass is 16.6. The van der Waals surface area contributed by atoms with Crippen LogP contribution in [0.3, 0.4) is 0 Å². The normalized spacial score (nSPS) is 12.7. The molecular weight excluding hydrogens is 344 g/mol. The Kier molecular flexibility index (Phi) is 5.39. The summed E-state index contributed by atoms with van der Waals surface area (Å²) in [6, 6.07) is 9.99. The molecule has 0 N–H and O–H groups in total. The van der Waals surface area contributed by atoms with Crippen LogP contribution in [-0.2, 0) is 17.6 Å². The van der Waals surface area contributed by atoms with E-state index in [1.54, 1.807) is 6.20 Å². The van der Waals surface area contributed by atoms with Crippen LogP contribution < -0.4 is 0 Å². The lowest BCUT2D eigenvalue weighted by Gasteiger charge is -2.19. The molecule has 0 aliphatic carbocycles. The van der Waals surface area contributed by atoms with Gasteiger partial charge >= 0.3 is 6.09 Å². The van der Waals surface area contributed by atoms with Gasteiger partial charge in [0.05, 0.1) is 12.1 Å². The molecule has 0 unspecified atom stereocenters. The van der Waals surface area contributed by atoms with Crippen molar-refractivity contribution < 1.29 is 13.9 Å². The monoisotopic (exact) mass is 368 g/mol. The highest BCUT2D eigenvalue weighted by molar-refractivity contribution is 5.70. The van der Waals surface area contributed by atoms with Crippen molar-refractivity contribution in [3.8, 4) is 0 Å². The maximum Gasteiger partial charge on any atom is 0.419 e. The predicted octanol–water partition coefficient (Wildman–Crippen LogP) is 3.99. The maximum atomic E-state index is 12.1. The van der Waals surface area contributed by atoms with Gasteiger partial charge in [-0.15, -0.1) is 10.2 Å². The van der Waals surface area contributed by atoms with E-state index in [0.29, 0.717) is 24.6 Å². The fourth-order valence-electron chi connectivity index (χ4n) is 2.59. The van der Waals surface area contributed by atoms with Crippen LogP contribution in [0.2, 0.25) is 0 Å². The number of hydrogen-bond acceptors (Lipinski definition) is 6. The summed E-state index contributed by atoms with van der Waals surface area (Å²) in [6.07, 6.45) is 3.88. The van der Waals surface area contributed by atoms with Crippen molar-refractivity contribution in [2.45, 2.75) is 52.1 Å². The van der Waals surface area contributed by atoms with E-state index in [0.717, 1.165) is 11.3 Å². The molecule has 0 aliphatic heterocycles. The number of rotatable bonds is 5. The summed E-state index contributed by atoms with van der Waals surface area (Å²) >= 11 is 0. The molecule has 7 heteroatoms. The fraction of sp³-hybridized carbons (Fsp3) is 0.400. The second-order valence-electron chi connectivity index (χ2n) is 7.55. The molecule has 7 nitrogen and oxygen atoms in total. The Hall–Kier alpha value is -2.96. The van der Waals surface area contributed by atoms with E-state index in [4.69, 9.17) is 9.15 Å². The first-order chi connectivity index (χ1) is 12.8. The van der Waals surface area contributed by atoms with Gasteiger partial charge in [0.15, 0.2) is 0 Å². The molecule has 3 aromatic rings. The van der Waals surface area contributed by atoms with Crippen molar-refractivity contribution in [3.05, 3.63) is 65.9 Å². The van der Waals surface area contributed by atoms with Crippen LogP contribution in [0.15, 0.2) is 47.3 Å². The van der Waals surface area contributed by atoms with Gasteiger partial charge in [-0.1, -0.05) is 37.3 Å². The van der Waals surface area contributed by atoms with Crippen molar-refractivity contribution in [2.24, 2.45) is 0 Å². The molecular formula is C20H24N4O3. The molecule has 1 atom stereocenters. The van der Waals surface area contributed by atoms with E-state index in [1.807, 2.05) is 58.0 Å². The topological polar surface area (TPSA) is 83.0 Å². The molecule has 3 rings (SSSR count). The Bertz CT molecular complexity index is 893. The lowest BCUT2D eigenvalue weighted by Crippen LogP contribution is -2.26. The Balaban J connectivity index is 1.61. The Labute approximate surface area is 158 Å². The van der Waals surface area contributed by atoms with Crippen LogP contribution in [0.25, 0.3) is 0 Å². The zero-order valence-corrected chi connectivity index (χ0v) is 16.0. The van der Waals surface area contributed by atoms with E-state index in [1.165, 1.54) is 10.9 Å². The van der Waals surface area contributed by atoms with Crippen LogP contribution in [0, 0.1) is 0 Å². The lowest BCUT2D eigenvalue weighted by molar-refractivity contribution is 0.0536. The first-order valence-corrected chi connectivity index (χ1v) is 8.92. The quantitative estimate of drug-likeness (QED) is 0.677. The molecule has 0 saturated carbocycles. The van der Waals surface area contributed by atoms with Crippen molar-refractivity contribution in [1.29, 1.82) is 0 Å². The average Bonchev–Trinajstić information content (AvgIpc) is 3.24. The number of carbonyl (C=O) groups excluding carboxylic acids is 1. The van der Waals surface area contributed by atoms with E-state index < -0.39 is 11.7 Å². The molecule has 0 spiro atoms. The molecule has 0 bridgehead atoms. The molecule has 27 heavy (non-hydrogen) atoms. The van der Waals surface area contributed by atoms with Crippen molar-refractivity contribution >= 4 is 6.09 Å². The third-order valence-corrected chi connectivity index (χ3v) is 3.86. The van der Waals surface area contributed by atoms with Gasteiger partial charge in [0.25, 0.3) is 0 Å². The van der Waals surface area contributed by atoms with Crippen LogP contribution in [-0.4, -0.2) is 31.4 Å². The number of ether oxygens (including phenoxy) is 1. The molecule has 2 aromatic heterocycles. The van der Waals surface area contributed by atoms with Gasteiger partial charge in [0, 0.05) is 18.5 Å². The second-order valence-corrected chi connectivity index (χ2v) is 7.55. The maximum absolute atomic E-state index is 12.1. The molecule has 0 saturated heterocycles. The van der Waals surface area contributed by atoms with Crippen molar-refractivity contribution in [2.75, 3.05) is 0 Å². The Morgan fingerprint density at radius 2 is 1.96 bits per heavy atom. The summed E-state index contributed by atoms with van der Waals surface area (Å²) in [7, 11) is 0. The van der Waals surface area contributed by atoms with E-state index in [9.17, 15) is 4.79 Å².